The molecule has 4 heteroatoms. The third-order valence-corrected chi connectivity index (χ3v) is 2.93. The maximum atomic E-state index is 6.05. The molecule has 0 saturated carbocycles. The van der Waals surface area contributed by atoms with Crippen LogP contribution in [0.2, 0.25) is 5.02 Å². The van der Waals surface area contributed by atoms with Crippen LogP contribution in [0.5, 0.6) is 0 Å². The summed E-state index contributed by atoms with van der Waals surface area (Å²) in [5.74, 6) is 0. The first-order valence-electron chi connectivity index (χ1n) is 6.05. The number of benzene rings is 1. The Hall–Kier alpha value is -1.45. The summed E-state index contributed by atoms with van der Waals surface area (Å²) in [4.78, 5) is 8.15. The van der Waals surface area contributed by atoms with E-state index in [9.17, 15) is 0 Å². The Labute approximate surface area is 112 Å². The largest absolute Gasteiger partial charge is 0.306 e. The van der Waals surface area contributed by atoms with E-state index in [0.717, 1.165) is 29.1 Å². The molecule has 0 spiro atoms. The van der Waals surface area contributed by atoms with Crippen molar-refractivity contribution >= 4 is 11.6 Å². The van der Waals surface area contributed by atoms with Crippen LogP contribution in [-0.4, -0.2) is 16.5 Å². The van der Waals surface area contributed by atoms with Crippen LogP contribution in [0, 0.1) is 0 Å². The predicted octanol–water partition coefficient (Wildman–Crippen LogP) is 3.22. The summed E-state index contributed by atoms with van der Waals surface area (Å²) in [6.45, 7) is 3.08. The van der Waals surface area contributed by atoms with Crippen LogP contribution >= 0.6 is 11.6 Å². The Morgan fingerprint density at radius 1 is 1.22 bits per heavy atom. The zero-order valence-corrected chi connectivity index (χ0v) is 11.1. The van der Waals surface area contributed by atoms with Crippen LogP contribution in [0.3, 0.4) is 0 Å². The molecular weight excluding hydrogens is 246 g/mol. The van der Waals surface area contributed by atoms with Crippen molar-refractivity contribution < 1.29 is 0 Å². The average Bonchev–Trinajstić information content (AvgIpc) is 2.40. The molecule has 0 aliphatic carbocycles. The van der Waals surface area contributed by atoms with Gasteiger partial charge in [-0.25, -0.2) is 9.97 Å². The molecule has 1 aromatic heterocycles. The van der Waals surface area contributed by atoms with Crippen molar-refractivity contribution in [3.63, 3.8) is 0 Å². The van der Waals surface area contributed by atoms with E-state index < -0.39 is 0 Å². The maximum absolute atomic E-state index is 6.05. The molecule has 2 aromatic rings. The molecular formula is C14H16ClN3. The second kappa shape index (κ2) is 6.47. The fourth-order valence-corrected chi connectivity index (χ4v) is 2.06. The van der Waals surface area contributed by atoms with Gasteiger partial charge in [-0.3, -0.25) is 0 Å². The highest BCUT2D eigenvalue weighted by molar-refractivity contribution is 6.30. The summed E-state index contributed by atoms with van der Waals surface area (Å²) in [5, 5.41) is 4.23. The van der Waals surface area contributed by atoms with Crippen LogP contribution in [0.25, 0.3) is 0 Å². The Balaban J connectivity index is 2.31. The van der Waals surface area contributed by atoms with E-state index in [1.54, 1.807) is 6.33 Å². The van der Waals surface area contributed by atoms with Crippen LogP contribution in [-0.2, 0) is 0 Å². The average molecular weight is 262 g/mol. The zero-order chi connectivity index (χ0) is 12.8. The van der Waals surface area contributed by atoms with E-state index in [2.05, 4.69) is 28.3 Å². The SMILES string of the molecule is CCCNC(c1cncnc1)c1cccc(Cl)c1. The molecule has 0 aliphatic rings. The summed E-state index contributed by atoms with van der Waals surface area (Å²) in [7, 11) is 0. The standard InChI is InChI=1S/C14H16ClN3/c1-2-6-18-14(12-8-16-10-17-9-12)11-4-3-5-13(15)7-11/h3-5,7-10,14,18H,2,6H2,1H3. The van der Waals surface area contributed by atoms with Crippen molar-refractivity contribution in [1.82, 2.24) is 15.3 Å². The minimum Gasteiger partial charge on any atom is -0.306 e. The molecule has 18 heavy (non-hydrogen) atoms. The minimum atomic E-state index is 0.0878. The lowest BCUT2D eigenvalue weighted by Crippen LogP contribution is -2.23. The fraction of sp³-hybridized carbons (Fsp3) is 0.286. The van der Waals surface area contributed by atoms with Gasteiger partial charge in [0.2, 0.25) is 0 Å². The molecule has 1 heterocycles. The van der Waals surface area contributed by atoms with Crippen molar-refractivity contribution in [2.45, 2.75) is 19.4 Å². The Morgan fingerprint density at radius 3 is 2.67 bits per heavy atom. The highest BCUT2D eigenvalue weighted by Crippen LogP contribution is 2.23. The molecule has 1 atom stereocenters. The molecule has 0 saturated heterocycles. The second-order valence-electron chi connectivity index (χ2n) is 4.11. The first-order valence-corrected chi connectivity index (χ1v) is 6.43. The van der Waals surface area contributed by atoms with Gasteiger partial charge in [0, 0.05) is 23.0 Å². The molecule has 1 N–H and O–H groups in total. The first-order chi connectivity index (χ1) is 8.81. The third kappa shape index (κ3) is 3.28. The molecule has 0 aliphatic heterocycles. The number of rotatable bonds is 5. The molecule has 0 fully saturated rings. The first kappa shape index (κ1) is 13.0. The number of halogens is 1. The lowest BCUT2D eigenvalue weighted by Gasteiger charge is -2.19. The Bertz CT molecular complexity index is 487. The summed E-state index contributed by atoms with van der Waals surface area (Å²) in [6.07, 6.45) is 6.28. The molecule has 1 aromatic carbocycles. The van der Waals surface area contributed by atoms with Gasteiger partial charge in [0.25, 0.3) is 0 Å². The highest BCUT2D eigenvalue weighted by atomic mass is 35.5. The molecule has 0 radical (unpaired) electrons. The van der Waals surface area contributed by atoms with Gasteiger partial charge in [0.05, 0.1) is 6.04 Å². The summed E-state index contributed by atoms with van der Waals surface area (Å²) < 4.78 is 0. The quantitative estimate of drug-likeness (QED) is 0.898. The van der Waals surface area contributed by atoms with Crippen LogP contribution in [0.15, 0.2) is 43.0 Å². The molecule has 94 valence electrons. The van der Waals surface area contributed by atoms with Crippen molar-refractivity contribution in [2.24, 2.45) is 0 Å². The number of nitrogens with zero attached hydrogens (tertiary/aromatic N) is 2. The van der Waals surface area contributed by atoms with E-state index in [1.807, 2.05) is 30.6 Å². The number of hydrogen-bond acceptors (Lipinski definition) is 3. The van der Waals surface area contributed by atoms with E-state index >= 15 is 0 Å². The molecule has 0 amide bonds. The van der Waals surface area contributed by atoms with E-state index in [4.69, 9.17) is 11.6 Å². The van der Waals surface area contributed by atoms with Gasteiger partial charge in [-0.05, 0) is 30.7 Å². The molecule has 3 nitrogen and oxygen atoms in total. The van der Waals surface area contributed by atoms with Gasteiger partial charge in [0.15, 0.2) is 0 Å². The third-order valence-electron chi connectivity index (χ3n) is 2.69. The van der Waals surface area contributed by atoms with Crippen molar-refractivity contribution in [3.05, 3.63) is 59.1 Å². The lowest BCUT2D eigenvalue weighted by molar-refractivity contribution is 0.595. The zero-order valence-electron chi connectivity index (χ0n) is 10.3. The molecule has 0 bridgehead atoms. The van der Waals surface area contributed by atoms with Crippen molar-refractivity contribution in [3.8, 4) is 0 Å². The van der Waals surface area contributed by atoms with Crippen LogP contribution in [0.4, 0.5) is 0 Å². The monoisotopic (exact) mass is 261 g/mol. The fourth-order valence-electron chi connectivity index (χ4n) is 1.86. The van der Waals surface area contributed by atoms with Gasteiger partial charge in [0.1, 0.15) is 6.33 Å². The number of hydrogen-bond donors (Lipinski definition) is 1. The van der Waals surface area contributed by atoms with E-state index in [-0.39, 0.29) is 6.04 Å². The lowest BCUT2D eigenvalue weighted by atomic mass is 10.0. The van der Waals surface area contributed by atoms with Crippen molar-refractivity contribution in [2.75, 3.05) is 6.54 Å². The predicted molar refractivity (Wildman–Crippen MR) is 73.6 cm³/mol. The van der Waals surface area contributed by atoms with Gasteiger partial charge in [-0.2, -0.15) is 0 Å². The maximum Gasteiger partial charge on any atom is 0.115 e. The van der Waals surface area contributed by atoms with Crippen LogP contribution < -0.4 is 5.32 Å². The van der Waals surface area contributed by atoms with E-state index in [1.165, 1.54) is 0 Å². The van der Waals surface area contributed by atoms with Gasteiger partial charge in [-0.1, -0.05) is 30.7 Å². The van der Waals surface area contributed by atoms with Crippen molar-refractivity contribution in [1.29, 1.82) is 0 Å². The second-order valence-corrected chi connectivity index (χ2v) is 4.55. The number of aromatic nitrogens is 2. The number of nitrogens with one attached hydrogen (secondary N) is 1. The van der Waals surface area contributed by atoms with E-state index in [0.29, 0.717) is 0 Å². The normalized spacial score (nSPS) is 12.3. The molecule has 2 rings (SSSR count). The summed E-state index contributed by atoms with van der Waals surface area (Å²) in [6, 6.07) is 7.96. The Morgan fingerprint density at radius 2 is 2.00 bits per heavy atom. The van der Waals surface area contributed by atoms with Gasteiger partial charge < -0.3 is 5.32 Å². The minimum absolute atomic E-state index is 0.0878. The summed E-state index contributed by atoms with van der Waals surface area (Å²) >= 11 is 6.05. The highest BCUT2D eigenvalue weighted by Gasteiger charge is 2.13. The topological polar surface area (TPSA) is 37.8 Å². The molecule has 1 unspecified atom stereocenters. The smallest absolute Gasteiger partial charge is 0.115 e. The van der Waals surface area contributed by atoms with Gasteiger partial charge in [-0.15, -0.1) is 0 Å². The van der Waals surface area contributed by atoms with Crippen LogP contribution in [0.1, 0.15) is 30.5 Å². The van der Waals surface area contributed by atoms with Gasteiger partial charge >= 0.3 is 0 Å². The Kier molecular flexibility index (Phi) is 4.67. The summed E-state index contributed by atoms with van der Waals surface area (Å²) in [5.41, 5.74) is 2.18.